The Labute approximate surface area is 163 Å². The summed E-state index contributed by atoms with van der Waals surface area (Å²) in [6.07, 6.45) is 1.94. The van der Waals surface area contributed by atoms with Crippen LogP contribution in [0.3, 0.4) is 0 Å². The molecule has 0 aliphatic heterocycles. The summed E-state index contributed by atoms with van der Waals surface area (Å²) in [4.78, 5) is 0.411. The second kappa shape index (κ2) is 8.37. The van der Waals surface area contributed by atoms with Crippen LogP contribution in [0.2, 0.25) is 0 Å². The summed E-state index contributed by atoms with van der Waals surface area (Å²) >= 11 is 4.71. The van der Waals surface area contributed by atoms with E-state index in [1.165, 1.54) is 12.3 Å². The molecule has 0 radical (unpaired) electrons. The standard InChI is InChI=1S/C17H21NO4S4/c1-12(11-13-7-3-5-9-15(13)26(21,22)24-2)17(18)14-8-4-6-10-16(14)25(19,20)23/h3-10,12,17H,11,18H2,1-2H3,(H,19,20,23). The highest BCUT2D eigenvalue weighted by Gasteiger charge is 2.24. The summed E-state index contributed by atoms with van der Waals surface area (Å²) in [5, 5.41) is 0. The van der Waals surface area contributed by atoms with Crippen molar-refractivity contribution in [2.24, 2.45) is 11.7 Å². The van der Waals surface area contributed by atoms with Crippen molar-refractivity contribution < 1.29 is 17.2 Å². The van der Waals surface area contributed by atoms with Gasteiger partial charge in [0, 0.05) is 17.2 Å². The van der Waals surface area contributed by atoms with E-state index in [1.54, 1.807) is 42.5 Å². The Bertz CT molecular complexity index is 987. The second-order valence-corrected chi connectivity index (χ2v) is 12.7. The number of hydrogen-bond donors (Lipinski definition) is 2. The van der Waals surface area contributed by atoms with Crippen LogP contribution in [0.1, 0.15) is 24.1 Å². The molecule has 26 heavy (non-hydrogen) atoms. The Morgan fingerprint density at radius 3 is 2.19 bits per heavy atom. The zero-order valence-corrected chi connectivity index (χ0v) is 17.6. The smallest absolute Gasteiger partial charge is 0.230 e. The Morgan fingerprint density at radius 1 is 1.08 bits per heavy atom. The largest absolute Gasteiger partial charge is 0.324 e. The van der Waals surface area contributed by atoms with Gasteiger partial charge in [0.1, 0.15) is 0 Å². The molecule has 0 saturated carbocycles. The van der Waals surface area contributed by atoms with Crippen LogP contribution in [-0.4, -0.2) is 23.4 Å². The molecule has 3 unspecified atom stereocenters. The first kappa shape index (κ1) is 21.3. The first-order chi connectivity index (χ1) is 12.1. The SMILES string of the molecule is CSS(=O)(=O)c1ccccc1CC(C)C(N)c1ccccc1S(=O)(O)=S. The Kier molecular flexibility index (Phi) is 6.86. The van der Waals surface area contributed by atoms with Crippen LogP contribution < -0.4 is 5.73 Å². The average molecular weight is 432 g/mol. The highest BCUT2D eigenvalue weighted by Crippen LogP contribution is 2.31. The highest BCUT2D eigenvalue weighted by molar-refractivity contribution is 8.71. The van der Waals surface area contributed by atoms with Gasteiger partial charge in [0.25, 0.3) is 0 Å². The van der Waals surface area contributed by atoms with Crippen LogP contribution in [-0.2, 0) is 35.3 Å². The van der Waals surface area contributed by atoms with Crippen molar-refractivity contribution >= 4 is 39.6 Å². The number of hydrogen-bond acceptors (Lipinski definition) is 6. The number of benzene rings is 2. The lowest BCUT2D eigenvalue weighted by molar-refractivity contribution is 0.457. The average Bonchev–Trinajstić information content (AvgIpc) is 2.60. The van der Waals surface area contributed by atoms with Gasteiger partial charge in [-0.1, -0.05) is 43.3 Å². The zero-order chi connectivity index (χ0) is 19.5. The predicted molar refractivity (Wildman–Crippen MR) is 110 cm³/mol. The van der Waals surface area contributed by atoms with Gasteiger partial charge in [-0.15, -0.1) is 0 Å². The van der Waals surface area contributed by atoms with E-state index in [-0.39, 0.29) is 15.7 Å². The molecular weight excluding hydrogens is 410 g/mol. The van der Waals surface area contributed by atoms with E-state index in [0.29, 0.717) is 17.5 Å². The Hall–Kier alpha value is -0.970. The normalized spacial score (nSPS) is 16.6. The minimum Gasteiger partial charge on any atom is -0.324 e. The van der Waals surface area contributed by atoms with Crippen LogP contribution in [0.5, 0.6) is 0 Å². The van der Waals surface area contributed by atoms with E-state index in [4.69, 9.17) is 16.9 Å². The van der Waals surface area contributed by atoms with E-state index < -0.39 is 23.7 Å². The molecule has 0 aromatic heterocycles. The maximum atomic E-state index is 12.3. The van der Waals surface area contributed by atoms with Gasteiger partial charge < -0.3 is 10.3 Å². The molecular formula is C17H21NO4S4. The molecule has 0 saturated heterocycles. The number of rotatable bonds is 7. The van der Waals surface area contributed by atoms with Crippen molar-refractivity contribution in [1.29, 1.82) is 0 Å². The maximum Gasteiger partial charge on any atom is 0.230 e. The summed E-state index contributed by atoms with van der Waals surface area (Å²) in [5.41, 5.74) is 7.52. The minimum atomic E-state index is -3.57. The van der Waals surface area contributed by atoms with Crippen LogP contribution in [0.15, 0.2) is 58.3 Å². The summed E-state index contributed by atoms with van der Waals surface area (Å²) in [7, 11) is -6.20. The molecule has 3 atom stereocenters. The molecule has 142 valence electrons. The van der Waals surface area contributed by atoms with E-state index in [0.717, 1.165) is 10.8 Å². The first-order valence-electron chi connectivity index (χ1n) is 7.78. The Balaban J connectivity index is 2.37. The molecule has 0 amide bonds. The van der Waals surface area contributed by atoms with Gasteiger partial charge in [-0.25, -0.2) is 12.6 Å². The molecule has 2 aromatic carbocycles. The monoisotopic (exact) mass is 431 g/mol. The van der Waals surface area contributed by atoms with E-state index in [9.17, 15) is 17.2 Å². The van der Waals surface area contributed by atoms with Crippen molar-refractivity contribution in [3.05, 3.63) is 59.7 Å². The van der Waals surface area contributed by atoms with E-state index in [2.05, 4.69) is 0 Å². The van der Waals surface area contributed by atoms with Crippen molar-refractivity contribution in [3.8, 4) is 0 Å². The van der Waals surface area contributed by atoms with Crippen molar-refractivity contribution in [2.45, 2.75) is 29.2 Å². The van der Waals surface area contributed by atoms with Gasteiger partial charge in [0.2, 0.25) is 8.87 Å². The van der Waals surface area contributed by atoms with Gasteiger partial charge in [-0.3, -0.25) is 0 Å². The molecule has 0 fully saturated rings. The van der Waals surface area contributed by atoms with Gasteiger partial charge >= 0.3 is 0 Å². The fourth-order valence-electron chi connectivity index (χ4n) is 2.78. The lowest BCUT2D eigenvalue weighted by Crippen LogP contribution is -2.23. The third-order valence-corrected chi connectivity index (χ3v) is 8.87. The highest BCUT2D eigenvalue weighted by atomic mass is 33.1. The minimum absolute atomic E-state index is 0.138. The molecule has 0 spiro atoms. The molecule has 5 nitrogen and oxygen atoms in total. The Morgan fingerprint density at radius 2 is 1.62 bits per heavy atom. The summed E-state index contributed by atoms with van der Waals surface area (Å²) in [6, 6.07) is 12.8. The van der Waals surface area contributed by atoms with Crippen molar-refractivity contribution in [3.63, 3.8) is 0 Å². The predicted octanol–water partition coefficient (Wildman–Crippen LogP) is 3.20. The summed E-state index contributed by atoms with van der Waals surface area (Å²) < 4.78 is 46.3. The first-order valence-corrected chi connectivity index (χ1v) is 13.4. The fourth-order valence-corrected chi connectivity index (χ4v) is 5.91. The third-order valence-electron chi connectivity index (χ3n) is 4.17. The molecule has 0 aliphatic carbocycles. The quantitative estimate of drug-likeness (QED) is 0.650. The van der Waals surface area contributed by atoms with Gasteiger partial charge in [-0.2, -0.15) is 0 Å². The molecule has 0 aliphatic rings. The lowest BCUT2D eigenvalue weighted by atomic mass is 9.90. The molecule has 3 N–H and O–H groups in total. The second-order valence-electron chi connectivity index (χ2n) is 5.95. The molecule has 2 rings (SSSR count). The van der Waals surface area contributed by atoms with Crippen LogP contribution in [0.4, 0.5) is 0 Å². The molecule has 2 aromatic rings. The summed E-state index contributed by atoms with van der Waals surface area (Å²) in [6.45, 7) is 1.88. The molecule has 9 heteroatoms. The third kappa shape index (κ3) is 4.85. The van der Waals surface area contributed by atoms with Crippen LogP contribution >= 0.6 is 10.8 Å². The van der Waals surface area contributed by atoms with Gasteiger partial charge in [-0.05, 0) is 52.6 Å². The summed E-state index contributed by atoms with van der Waals surface area (Å²) in [5.74, 6) is -0.175. The van der Waals surface area contributed by atoms with E-state index in [1.807, 2.05) is 6.92 Å². The number of nitrogens with two attached hydrogens (primary N) is 1. The van der Waals surface area contributed by atoms with Crippen LogP contribution in [0.25, 0.3) is 0 Å². The van der Waals surface area contributed by atoms with Crippen molar-refractivity contribution in [2.75, 3.05) is 6.26 Å². The van der Waals surface area contributed by atoms with Crippen molar-refractivity contribution in [1.82, 2.24) is 0 Å². The molecule has 0 heterocycles. The lowest BCUT2D eigenvalue weighted by Gasteiger charge is -2.23. The maximum absolute atomic E-state index is 12.3. The van der Waals surface area contributed by atoms with Gasteiger partial charge in [0.15, 0.2) is 8.77 Å². The fraction of sp³-hybridized carbons (Fsp3) is 0.294. The van der Waals surface area contributed by atoms with Crippen LogP contribution in [0, 0.1) is 5.92 Å². The molecule has 0 bridgehead atoms. The zero-order valence-electron chi connectivity index (χ0n) is 14.4. The van der Waals surface area contributed by atoms with Gasteiger partial charge in [0.05, 0.1) is 9.79 Å². The van der Waals surface area contributed by atoms with E-state index >= 15 is 0 Å². The topological polar surface area (TPSA) is 97.5 Å².